The van der Waals surface area contributed by atoms with Gasteiger partial charge in [-0.2, -0.15) is 0 Å². The molecule has 0 aliphatic rings. The molecule has 1 amide bonds. The van der Waals surface area contributed by atoms with Gasteiger partial charge in [0.15, 0.2) is 0 Å². The summed E-state index contributed by atoms with van der Waals surface area (Å²) in [5.41, 5.74) is 2.25. The van der Waals surface area contributed by atoms with Crippen LogP contribution in [0.2, 0.25) is 0 Å². The number of anilines is 1. The number of carbonyl (C=O) groups is 1. The van der Waals surface area contributed by atoms with Gasteiger partial charge < -0.3 is 10.6 Å². The summed E-state index contributed by atoms with van der Waals surface area (Å²) in [5.74, 6) is 0.0745. The second-order valence-electron chi connectivity index (χ2n) is 4.74. The highest BCUT2D eigenvalue weighted by atomic mass is 79.9. The Morgan fingerprint density at radius 1 is 0.952 bits per heavy atom. The molecule has 0 saturated heterocycles. The molecule has 0 bridgehead atoms. The highest BCUT2D eigenvalue weighted by molar-refractivity contribution is 9.10. The first-order valence-electron chi connectivity index (χ1n) is 7.05. The standard InChI is InChI=1S/C17H19BrN2O/c18-15-8-4-5-9-16(15)19-13-11-17(21)20-12-10-14-6-2-1-3-7-14/h1-9,19H,10-13H2,(H,20,21). The molecule has 0 atom stereocenters. The summed E-state index contributed by atoms with van der Waals surface area (Å²) in [7, 11) is 0. The lowest BCUT2D eigenvalue weighted by Crippen LogP contribution is -2.27. The maximum atomic E-state index is 11.7. The first-order chi connectivity index (χ1) is 10.3. The number of hydrogen-bond donors (Lipinski definition) is 2. The van der Waals surface area contributed by atoms with Crippen LogP contribution in [0.15, 0.2) is 59.1 Å². The van der Waals surface area contributed by atoms with Crippen LogP contribution < -0.4 is 10.6 Å². The molecule has 0 radical (unpaired) electrons. The van der Waals surface area contributed by atoms with Gasteiger partial charge in [0.1, 0.15) is 0 Å². The van der Waals surface area contributed by atoms with E-state index in [4.69, 9.17) is 0 Å². The zero-order valence-corrected chi connectivity index (χ0v) is 13.4. The SMILES string of the molecule is O=C(CCNc1ccccc1Br)NCCc1ccccc1. The maximum Gasteiger partial charge on any atom is 0.221 e. The molecule has 110 valence electrons. The van der Waals surface area contributed by atoms with Gasteiger partial charge in [0.25, 0.3) is 0 Å². The predicted molar refractivity (Wildman–Crippen MR) is 90.4 cm³/mol. The highest BCUT2D eigenvalue weighted by Crippen LogP contribution is 2.20. The molecule has 0 aromatic heterocycles. The molecule has 0 aliphatic heterocycles. The van der Waals surface area contributed by atoms with Gasteiger partial charge in [-0.15, -0.1) is 0 Å². The predicted octanol–water partition coefficient (Wildman–Crippen LogP) is 3.61. The van der Waals surface area contributed by atoms with E-state index in [9.17, 15) is 4.79 Å². The van der Waals surface area contributed by atoms with Crippen molar-refractivity contribution in [1.82, 2.24) is 5.32 Å². The fourth-order valence-corrected chi connectivity index (χ4v) is 2.42. The van der Waals surface area contributed by atoms with E-state index in [0.29, 0.717) is 19.5 Å². The summed E-state index contributed by atoms with van der Waals surface area (Å²) in [6.07, 6.45) is 1.33. The van der Waals surface area contributed by atoms with Gasteiger partial charge in [-0.05, 0) is 40.0 Å². The van der Waals surface area contributed by atoms with Crippen molar-refractivity contribution in [2.24, 2.45) is 0 Å². The molecule has 21 heavy (non-hydrogen) atoms. The van der Waals surface area contributed by atoms with Crippen LogP contribution in [0, 0.1) is 0 Å². The fourth-order valence-electron chi connectivity index (χ4n) is 1.99. The van der Waals surface area contributed by atoms with E-state index in [2.05, 4.69) is 38.7 Å². The second-order valence-corrected chi connectivity index (χ2v) is 5.60. The molecule has 2 aromatic carbocycles. The van der Waals surface area contributed by atoms with Crippen LogP contribution in [0.5, 0.6) is 0 Å². The van der Waals surface area contributed by atoms with Crippen molar-refractivity contribution in [3.05, 3.63) is 64.6 Å². The third-order valence-corrected chi connectivity index (χ3v) is 3.81. The Labute approximate surface area is 133 Å². The number of benzene rings is 2. The average Bonchev–Trinajstić information content (AvgIpc) is 2.50. The van der Waals surface area contributed by atoms with Gasteiger partial charge in [0.05, 0.1) is 0 Å². The van der Waals surface area contributed by atoms with Crippen molar-refractivity contribution in [2.45, 2.75) is 12.8 Å². The molecule has 2 rings (SSSR count). The van der Waals surface area contributed by atoms with Crippen molar-refractivity contribution >= 4 is 27.5 Å². The molecule has 0 heterocycles. The van der Waals surface area contributed by atoms with Gasteiger partial charge in [-0.3, -0.25) is 4.79 Å². The Hall–Kier alpha value is -1.81. The van der Waals surface area contributed by atoms with E-state index in [0.717, 1.165) is 16.6 Å². The molecular formula is C17H19BrN2O. The van der Waals surface area contributed by atoms with Gasteiger partial charge in [0.2, 0.25) is 5.91 Å². The smallest absolute Gasteiger partial charge is 0.221 e. The molecule has 0 saturated carbocycles. The van der Waals surface area contributed by atoms with Crippen LogP contribution >= 0.6 is 15.9 Å². The van der Waals surface area contributed by atoms with Gasteiger partial charge in [0, 0.05) is 29.7 Å². The number of rotatable bonds is 7. The minimum absolute atomic E-state index is 0.0745. The van der Waals surface area contributed by atoms with E-state index in [1.54, 1.807) is 0 Å². The van der Waals surface area contributed by atoms with E-state index in [1.165, 1.54) is 5.56 Å². The quantitative estimate of drug-likeness (QED) is 0.803. The minimum Gasteiger partial charge on any atom is -0.384 e. The number of hydrogen-bond acceptors (Lipinski definition) is 2. The molecule has 2 aromatic rings. The summed E-state index contributed by atoms with van der Waals surface area (Å²) in [6.45, 7) is 1.30. The van der Waals surface area contributed by atoms with Crippen LogP contribution in [0.1, 0.15) is 12.0 Å². The Kier molecular flexibility index (Phi) is 6.28. The number of halogens is 1. The van der Waals surface area contributed by atoms with Crippen LogP contribution in [-0.2, 0) is 11.2 Å². The maximum absolute atomic E-state index is 11.7. The van der Waals surface area contributed by atoms with Gasteiger partial charge >= 0.3 is 0 Å². The summed E-state index contributed by atoms with van der Waals surface area (Å²) in [6, 6.07) is 18.0. The third kappa shape index (κ3) is 5.60. The van der Waals surface area contributed by atoms with Gasteiger partial charge in [-0.1, -0.05) is 42.5 Å². The lowest BCUT2D eigenvalue weighted by atomic mass is 10.1. The first-order valence-corrected chi connectivity index (χ1v) is 7.84. The molecule has 0 fully saturated rings. The number of amides is 1. The Morgan fingerprint density at radius 2 is 1.67 bits per heavy atom. The summed E-state index contributed by atoms with van der Waals surface area (Å²) >= 11 is 3.47. The van der Waals surface area contributed by atoms with Crippen LogP contribution in [0.25, 0.3) is 0 Å². The second kappa shape index (κ2) is 8.47. The van der Waals surface area contributed by atoms with E-state index in [-0.39, 0.29) is 5.91 Å². The fraction of sp³-hybridized carbons (Fsp3) is 0.235. The van der Waals surface area contributed by atoms with Crippen LogP contribution in [0.3, 0.4) is 0 Å². The molecule has 0 aliphatic carbocycles. The molecule has 0 spiro atoms. The third-order valence-electron chi connectivity index (χ3n) is 3.12. The van der Waals surface area contributed by atoms with E-state index in [1.807, 2.05) is 42.5 Å². The number of carbonyl (C=O) groups excluding carboxylic acids is 1. The lowest BCUT2D eigenvalue weighted by Gasteiger charge is -2.09. The Balaban J connectivity index is 1.63. The largest absolute Gasteiger partial charge is 0.384 e. The zero-order valence-electron chi connectivity index (χ0n) is 11.8. The van der Waals surface area contributed by atoms with E-state index < -0.39 is 0 Å². The summed E-state index contributed by atoms with van der Waals surface area (Å²) in [4.78, 5) is 11.7. The number of para-hydroxylation sites is 1. The Morgan fingerprint density at radius 3 is 2.43 bits per heavy atom. The van der Waals surface area contributed by atoms with E-state index >= 15 is 0 Å². The summed E-state index contributed by atoms with van der Waals surface area (Å²) < 4.78 is 1.01. The van der Waals surface area contributed by atoms with Crippen molar-refractivity contribution in [3.8, 4) is 0 Å². The van der Waals surface area contributed by atoms with Crippen molar-refractivity contribution in [3.63, 3.8) is 0 Å². The van der Waals surface area contributed by atoms with Gasteiger partial charge in [-0.25, -0.2) is 0 Å². The van der Waals surface area contributed by atoms with Crippen molar-refractivity contribution in [2.75, 3.05) is 18.4 Å². The number of nitrogens with one attached hydrogen (secondary N) is 2. The molecule has 2 N–H and O–H groups in total. The molecule has 0 unspecified atom stereocenters. The Bertz CT molecular complexity index is 572. The zero-order chi connectivity index (χ0) is 14.9. The van der Waals surface area contributed by atoms with Crippen LogP contribution in [0.4, 0.5) is 5.69 Å². The first kappa shape index (κ1) is 15.6. The van der Waals surface area contributed by atoms with Crippen molar-refractivity contribution < 1.29 is 4.79 Å². The molecule has 4 heteroatoms. The van der Waals surface area contributed by atoms with Crippen LogP contribution in [-0.4, -0.2) is 19.0 Å². The van der Waals surface area contributed by atoms with Crippen molar-refractivity contribution in [1.29, 1.82) is 0 Å². The molecular weight excluding hydrogens is 328 g/mol. The average molecular weight is 347 g/mol. The topological polar surface area (TPSA) is 41.1 Å². The normalized spacial score (nSPS) is 10.1. The monoisotopic (exact) mass is 346 g/mol. The molecule has 3 nitrogen and oxygen atoms in total. The lowest BCUT2D eigenvalue weighted by molar-refractivity contribution is -0.120. The summed E-state index contributed by atoms with van der Waals surface area (Å²) in [5, 5.41) is 6.19. The minimum atomic E-state index is 0.0745. The highest BCUT2D eigenvalue weighted by Gasteiger charge is 2.02.